The maximum atomic E-state index is 3.71. The summed E-state index contributed by atoms with van der Waals surface area (Å²) in [5, 5.41) is 5.80. The highest BCUT2D eigenvalue weighted by Gasteiger charge is 2.19. The summed E-state index contributed by atoms with van der Waals surface area (Å²) in [5.41, 5.74) is 1.50. The standard InChI is InChI=1S/C16H23NS2/c1-12(18-3)8-10-14-6-4-5-7-15(14)17-16-11-9-13(2)19-16/h4-6,8,11,13,15,17H,7,9-10H2,1-3H3/b12-8-. The second-order valence-corrected chi connectivity index (χ2v) is 7.59. The van der Waals surface area contributed by atoms with Crippen LogP contribution in [0, 0.1) is 0 Å². The van der Waals surface area contributed by atoms with Crippen LogP contribution < -0.4 is 5.32 Å². The van der Waals surface area contributed by atoms with Crippen LogP contribution in [0.4, 0.5) is 0 Å². The van der Waals surface area contributed by atoms with Gasteiger partial charge in [0.1, 0.15) is 0 Å². The molecule has 2 unspecified atom stereocenters. The van der Waals surface area contributed by atoms with E-state index in [1.807, 2.05) is 23.5 Å². The third kappa shape index (κ3) is 4.50. The van der Waals surface area contributed by atoms with Crippen molar-refractivity contribution in [2.45, 2.75) is 44.4 Å². The SMILES string of the molecule is CS/C(C)=C\CC1=CC=CCC1NC1=CCC(C)S1. The van der Waals surface area contributed by atoms with Gasteiger partial charge in [0.2, 0.25) is 0 Å². The van der Waals surface area contributed by atoms with Gasteiger partial charge < -0.3 is 5.32 Å². The molecule has 3 heteroatoms. The second-order valence-electron chi connectivity index (χ2n) is 5.06. The van der Waals surface area contributed by atoms with Gasteiger partial charge in [-0.2, -0.15) is 0 Å². The molecule has 0 saturated carbocycles. The monoisotopic (exact) mass is 293 g/mol. The summed E-state index contributed by atoms with van der Waals surface area (Å²) in [4.78, 5) is 1.40. The number of nitrogens with one attached hydrogen (secondary N) is 1. The van der Waals surface area contributed by atoms with Crippen LogP contribution >= 0.6 is 23.5 Å². The minimum atomic E-state index is 0.472. The first-order valence-electron chi connectivity index (χ1n) is 6.88. The predicted molar refractivity (Wildman–Crippen MR) is 90.4 cm³/mol. The van der Waals surface area contributed by atoms with Crippen LogP contribution in [0.2, 0.25) is 0 Å². The van der Waals surface area contributed by atoms with Gasteiger partial charge in [-0.05, 0) is 42.9 Å². The molecule has 1 N–H and O–H groups in total. The summed E-state index contributed by atoms with van der Waals surface area (Å²) in [6, 6.07) is 0.472. The van der Waals surface area contributed by atoms with Crippen molar-refractivity contribution >= 4 is 23.5 Å². The molecule has 0 spiro atoms. The molecule has 0 aromatic rings. The van der Waals surface area contributed by atoms with Crippen molar-refractivity contribution in [3.05, 3.63) is 45.9 Å². The normalized spacial score (nSPS) is 27.2. The summed E-state index contributed by atoms with van der Waals surface area (Å²) < 4.78 is 0. The molecule has 1 heterocycles. The average molecular weight is 294 g/mol. The smallest absolute Gasteiger partial charge is 0.0648 e. The molecular weight excluding hydrogens is 270 g/mol. The number of thioether (sulfide) groups is 2. The zero-order chi connectivity index (χ0) is 13.7. The fourth-order valence-corrected chi connectivity index (χ4v) is 3.51. The zero-order valence-corrected chi connectivity index (χ0v) is 13.6. The molecule has 2 rings (SSSR count). The second kappa shape index (κ2) is 7.30. The average Bonchev–Trinajstić information content (AvgIpc) is 2.83. The lowest BCUT2D eigenvalue weighted by molar-refractivity contribution is 0.648. The molecule has 0 aromatic carbocycles. The largest absolute Gasteiger partial charge is 0.373 e. The van der Waals surface area contributed by atoms with E-state index < -0.39 is 0 Å². The number of allylic oxidation sites excluding steroid dienone is 5. The lowest BCUT2D eigenvalue weighted by atomic mass is 9.96. The molecule has 19 heavy (non-hydrogen) atoms. The fourth-order valence-electron chi connectivity index (χ4n) is 2.23. The van der Waals surface area contributed by atoms with Gasteiger partial charge in [0.25, 0.3) is 0 Å². The molecule has 0 amide bonds. The lowest BCUT2D eigenvalue weighted by Crippen LogP contribution is -2.29. The lowest BCUT2D eigenvalue weighted by Gasteiger charge is -2.24. The molecule has 2 aliphatic rings. The molecule has 1 nitrogen and oxygen atoms in total. The van der Waals surface area contributed by atoms with E-state index in [-0.39, 0.29) is 0 Å². The van der Waals surface area contributed by atoms with Crippen LogP contribution in [0.3, 0.4) is 0 Å². The zero-order valence-electron chi connectivity index (χ0n) is 12.0. The predicted octanol–water partition coefficient (Wildman–Crippen LogP) is 4.85. The van der Waals surface area contributed by atoms with Gasteiger partial charge in [0.15, 0.2) is 0 Å². The summed E-state index contributed by atoms with van der Waals surface area (Å²) in [7, 11) is 0. The summed E-state index contributed by atoms with van der Waals surface area (Å²) in [6.45, 7) is 4.47. The Morgan fingerprint density at radius 3 is 3.05 bits per heavy atom. The van der Waals surface area contributed by atoms with Crippen molar-refractivity contribution in [3.63, 3.8) is 0 Å². The Kier molecular flexibility index (Phi) is 5.71. The van der Waals surface area contributed by atoms with E-state index in [4.69, 9.17) is 0 Å². The van der Waals surface area contributed by atoms with Crippen LogP contribution in [0.25, 0.3) is 0 Å². The molecule has 0 fully saturated rings. The molecule has 0 radical (unpaired) electrons. The van der Waals surface area contributed by atoms with Crippen LogP contribution in [-0.2, 0) is 0 Å². The molecule has 0 saturated heterocycles. The number of rotatable bonds is 5. The van der Waals surface area contributed by atoms with E-state index in [0.717, 1.165) is 18.1 Å². The molecule has 1 aliphatic carbocycles. The van der Waals surface area contributed by atoms with E-state index in [1.165, 1.54) is 21.9 Å². The first kappa shape index (κ1) is 14.9. The van der Waals surface area contributed by atoms with Crippen molar-refractivity contribution in [1.82, 2.24) is 5.32 Å². The van der Waals surface area contributed by atoms with Gasteiger partial charge in [0.05, 0.1) is 11.1 Å². The van der Waals surface area contributed by atoms with Crippen molar-refractivity contribution in [2.24, 2.45) is 0 Å². The van der Waals surface area contributed by atoms with Crippen LogP contribution in [0.1, 0.15) is 33.1 Å². The van der Waals surface area contributed by atoms with Gasteiger partial charge in [-0.3, -0.25) is 0 Å². The quantitative estimate of drug-likeness (QED) is 0.778. The molecule has 0 aromatic heterocycles. The third-order valence-electron chi connectivity index (χ3n) is 3.49. The minimum Gasteiger partial charge on any atom is -0.373 e. The molecule has 0 bridgehead atoms. The van der Waals surface area contributed by atoms with Crippen molar-refractivity contribution < 1.29 is 0 Å². The van der Waals surface area contributed by atoms with E-state index in [1.54, 1.807) is 0 Å². The Morgan fingerprint density at radius 1 is 1.53 bits per heavy atom. The maximum Gasteiger partial charge on any atom is 0.0648 e. The van der Waals surface area contributed by atoms with Gasteiger partial charge in [-0.15, -0.1) is 23.5 Å². The van der Waals surface area contributed by atoms with E-state index in [2.05, 4.69) is 55.8 Å². The maximum absolute atomic E-state index is 3.71. The minimum absolute atomic E-state index is 0.472. The van der Waals surface area contributed by atoms with E-state index in [0.29, 0.717) is 6.04 Å². The van der Waals surface area contributed by atoms with Crippen molar-refractivity contribution in [3.8, 4) is 0 Å². The number of hydrogen-bond donors (Lipinski definition) is 1. The molecule has 104 valence electrons. The fraction of sp³-hybridized carbons (Fsp3) is 0.500. The van der Waals surface area contributed by atoms with Crippen LogP contribution in [0.15, 0.2) is 45.9 Å². The summed E-state index contributed by atoms with van der Waals surface area (Å²) in [6.07, 6.45) is 16.9. The first-order chi connectivity index (χ1) is 9.19. The summed E-state index contributed by atoms with van der Waals surface area (Å²) >= 11 is 3.80. The number of hydrogen-bond acceptors (Lipinski definition) is 3. The van der Waals surface area contributed by atoms with Gasteiger partial charge in [0, 0.05) is 5.25 Å². The Bertz CT molecular complexity index is 432. The molecule has 1 aliphatic heterocycles. The van der Waals surface area contributed by atoms with Crippen LogP contribution in [-0.4, -0.2) is 17.5 Å². The van der Waals surface area contributed by atoms with Gasteiger partial charge >= 0.3 is 0 Å². The third-order valence-corrected chi connectivity index (χ3v) is 5.44. The Balaban J connectivity index is 1.95. The molecule has 2 atom stereocenters. The van der Waals surface area contributed by atoms with E-state index in [9.17, 15) is 0 Å². The first-order valence-corrected chi connectivity index (χ1v) is 8.99. The topological polar surface area (TPSA) is 12.0 Å². The van der Waals surface area contributed by atoms with Crippen molar-refractivity contribution in [2.75, 3.05) is 6.26 Å². The van der Waals surface area contributed by atoms with E-state index >= 15 is 0 Å². The molecular formula is C16H23NS2. The highest BCUT2D eigenvalue weighted by Crippen LogP contribution is 2.31. The van der Waals surface area contributed by atoms with Gasteiger partial charge in [-0.25, -0.2) is 0 Å². The van der Waals surface area contributed by atoms with Gasteiger partial charge in [-0.1, -0.05) is 37.3 Å². The Morgan fingerprint density at radius 2 is 2.37 bits per heavy atom. The highest BCUT2D eigenvalue weighted by molar-refractivity contribution is 8.03. The Labute approximate surface area is 125 Å². The van der Waals surface area contributed by atoms with Crippen molar-refractivity contribution in [1.29, 1.82) is 0 Å². The summed E-state index contributed by atoms with van der Waals surface area (Å²) in [5.74, 6) is 0. The Hall–Kier alpha value is -0.540. The highest BCUT2D eigenvalue weighted by atomic mass is 32.2. The van der Waals surface area contributed by atoms with Crippen LogP contribution in [0.5, 0.6) is 0 Å².